The molecule has 3 heterocycles. The maximum atomic E-state index is 14.2. The number of ether oxygens (including phenoxy) is 1. The van der Waals surface area contributed by atoms with Gasteiger partial charge in [0.25, 0.3) is 0 Å². The first-order valence-corrected chi connectivity index (χ1v) is 12.6. The molecule has 0 aliphatic carbocycles. The van der Waals surface area contributed by atoms with E-state index in [-0.39, 0.29) is 12.4 Å². The molecule has 0 radical (unpaired) electrons. The molecule has 2 atom stereocenters. The van der Waals surface area contributed by atoms with E-state index in [4.69, 9.17) is 9.73 Å². The van der Waals surface area contributed by atoms with Gasteiger partial charge in [-0.1, -0.05) is 48.5 Å². The Morgan fingerprint density at radius 3 is 2.28 bits per heavy atom. The first-order chi connectivity index (χ1) is 19.0. The molecule has 3 aromatic carbocycles. The zero-order valence-electron chi connectivity index (χ0n) is 21.4. The van der Waals surface area contributed by atoms with Crippen LogP contribution in [0.2, 0.25) is 0 Å². The number of aromatic hydroxyl groups is 1. The predicted octanol–water partition coefficient (Wildman–Crippen LogP) is 4.67. The molecule has 9 heteroatoms. The highest BCUT2D eigenvalue weighted by Crippen LogP contribution is 2.45. The summed E-state index contributed by atoms with van der Waals surface area (Å²) in [6, 6.07) is 25.3. The van der Waals surface area contributed by atoms with Gasteiger partial charge in [-0.25, -0.2) is 18.8 Å². The largest absolute Gasteiger partial charge is 0.508 e. The molecule has 0 saturated heterocycles. The molecular weight excluding hydrogens is 494 g/mol. The number of hydrogen-bond acceptors (Lipinski definition) is 7. The van der Waals surface area contributed by atoms with Crippen molar-refractivity contribution in [1.29, 1.82) is 0 Å². The molecule has 2 unspecified atom stereocenters. The summed E-state index contributed by atoms with van der Waals surface area (Å²) >= 11 is 0. The third kappa shape index (κ3) is 3.99. The number of phenolic OH excluding ortho intramolecular Hbond substituents is 1. The average Bonchev–Trinajstić information content (AvgIpc) is 3.39. The van der Waals surface area contributed by atoms with Crippen LogP contribution in [-0.4, -0.2) is 42.6 Å². The van der Waals surface area contributed by atoms with Gasteiger partial charge in [0, 0.05) is 22.8 Å². The highest BCUT2D eigenvalue weighted by Gasteiger charge is 2.42. The van der Waals surface area contributed by atoms with Gasteiger partial charge in [-0.2, -0.15) is 0 Å². The number of para-hydroxylation sites is 1. The van der Waals surface area contributed by atoms with E-state index in [1.54, 1.807) is 26.0 Å². The van der Waals surface area contributed by atoms with Crippen LogP contribution in [0.3, 0.4) is 0 Å². The topological polar surface area (TPSA) is 111 Å². The molecule has 0 bridgehead atoms. The second kappa shape index (κ2) is 9.68. The molecule has 5 aromatic rings. The van der Waals surface area contributed by atoms with Crippen LogP contribution < -0.4 is 5.69 Å². The van der Waals surface area contributed by atoms with Gasteiger partial charge in [0.2, 0.25) is 0 Å². The lowest BCUT2D eigenvalue weighted by Crippen LogP contribution is -2.37. The number of aromatic nitrogens is 4. The molecule has 0 spiro atoms. The number of fused-ring (bicyclic) bond motifs is 3. The minimum absolute atomic E-state index is 0.0953. The quantitative estimate of drug-likeness (QED) is 0.338. The lowest BCUT2D eigenvalue weighted by Gasteiger charge is -2.32. The lowest BCUT2D eigenvalue weighted by atomic mass is 9.77. The van der Waals surface area contributed by atoms with Crippen molar-refractivity contribution >= 4 is 23.1 Å². The van der Waals surface area contributed by atoms with Crippen molar-refractivity contribution < 1.29 is 14.6 Å². The molecule has 9 nitrogen and oxygen atoms in total. The van der Waals surface area contributed by atoms with E-state index >= 15 is 0 Å². The molecule has 0 amide bonds. The Hall–Kier alpha value is -5.05. The zero-order valence-corrected chi connectivity index (χ0v) is 21.4. The van der Waals surface area contributed by atoms with E-state index < -0.39 is 23.5 Å². The van der Waals surface area contributed by atoms with Gasteiger partial charge < -0.3 is 9.84 Å². The van der Waals surface area contributed by atoms with Gasteiger partial charge in [0.05, 0.1) is 12.3 Å². The van der Waals surface area contributed by atoms with Crippen molar-refractivity contribution in [2.24, 2.45) is 10.9 Å². The highest BCUT2D eigenvalue weighted by atomic mass is 16.5. The van der Waals surface area contributed by atoms with Crippen molar-refractivity contribution in [3.8, 4) is 22.8 Å². The first-order valence-electron chi connectivity index (χ1n) is 12.6. The summed E-state index contributed by atoms with van der Waals surface area (Å²) in [5.74, 6) is -0.847. The van der Waals surface area contributed by atoms with Crippen molar-refractivity contribution in [3.05, 3.63) is 107 Å². The summed E-state index contributed by atoms with van der Waals surface area (Å²) in [4.78, 5) is 32.5. The zero-order chi connectivity index (χ0) is 27.1. The maximum Gasteiger partial charge on any atom is 0.341 e. The molecule has 2 aromatic heterocycles. The summed E-state index contributed by atoms with van der Waals surface area (Å²) in [5.41, 5.74) is 3.13. The fraction of sp³-hybridized carbons (Fsp3) is 0.167. The summed E-state index contributed by atoms with van der Waals surface area (Å²) in [6.07, 6.45) is 0. The number of carbonyl (C=O) groups is 1. The van der Waals surface area contributed by atoms with Crippen LogP contribution >= 0.6 is 0 Å². The normalized spacial score (nSPS) is 16.5. The molecule has 1 aliphatic heterocycles. The van der Waals surface area contributed by atoms with E-state index in [9.17, 15) is 14.7 Å². The molecule has 0 saturated carbocycles. The van der Waals surface area contributed by atoms with Gasteiger partial charge in [-0.05, 0) is 55.8 Å². The van der Waals surface area contributed by atoms with Crippen LogP contribution in [0.1, 0.15) is 30.9 Å². The van der Waals surface area contributed by atoms with Crippen LogP contribution in [0.25, 0.3) is 22.7 Å². The Morgan fingerprint density at radius 2 is 1.62 bits per heavy atom. The molecule has 0 fully saturated rings. The van der Waals surface area contributed by atoms with Gasteiger partial charge >= 0.3 is 11.7 Å². The van der Waals surface area contributed by atoms with Crippen LogP contribution in [0.15, 0.2) is 94.7 Å². The second-order valence-corrected chi connectivity index (χ2v) is 9.29. The Balaban J connectivity index is 1.76. The average molecular weight is 520 g/mol. The summed E-state index contributed by atoms with van der Waals surface area (Å²) in [6.45, 7) is 3.79. The van der Waals surface area contributed by atoms with E-state index in [0.717, 1.165) is 5.56 Å². The van der Waals surface area contributed by atoms with Crippen molar-refractivity contribution in [2.75, 3.05) is 6.61 Å². The second-order valence-electron chi connectivity index (χ2n) is 9.29. The Kier molecular flexibility index (Phi) is 6.03. The van der Waals surface area contributed by atoms with E-state index in [1.165, 1.54) is 21.1 Å². The number of nitrogens with zero attached hydrogens (tertiary/aromatic N) is 5. The summed E-state index contributed by atoms with van der Waals surface area (Å²) < 4.78 is 8.49. The molecule has 1 aliphatic rings. The van der Waals surface area contributed by atoms with Crippen LogP contribution in [0.4, 0.5) is 5.82 Å². The first kappa shape index (κ1) is 24.3. The SMILES string of the molecule is CCOC(=O)C1C(C)=Nc2c(c3nnc(-c4ccc(O)cc4)n3c(=O)n2-c2ccccc2)C1c1ccccc1. The standard InChI is InChI=1S/C30H25N5O4/c1-3-39-29(37)23-18(2)31-27-25(24(23)19-10-6-4-7-11-19)28-33-32-26(20-14-16-22(36)17-15-20)35(28)30(38)34(27)21-12-8-5-9-13-21/h4-17,23-24,36H,3H2,1-2H3. The van der Waals surface area contributed by atoms with Crippen molar-refractivity contribution in [3.63, 3.8) is 0 Å². The third-order valence-electron chi connectivity index (χ3n) is 6.96. The Bertz CT molecular complexity index is 1770. The number of aliphatic imine (C=N–C) groups is 1. The van der Waals surface area contributed by atoms with Crippen LogP contribution in [0, 0.1) is 5.92 Å². The minimum Gasteiger partial charge on any atom is -0.508 e. The Labute approximate surface area is 223 Å². The lowest BCUT2D eigenvalue weighted by molar-refractivity contribution is -0.146. The van der Waals surface area contributed by atoms with Crippen LogP contribution in [0.5, 0.6) is 5.75 Å². The fourth-order valence-corrected chi connectivity index (χ4v) is 5.25. The smallest absolute Gasteiger partial charge is 0.341 e. The summed E-state index contributed by atoms with van der Waals surface area (Å²) in [5, 5.41) is 18.7. The summed E-state index contributed by atoms with van der Waals surface area (Å²) in [7, 11) is 0. The third-order valence-corrected chi connectivity index (χ3v) is 6.96. The number of benzene rings is 3. The van der Waals surface area contributed by atoms with Crippen molar-refractivity contribution in [2.45, 2.75) is 19.8 Å². The minimum atomic E-state index is -0.723. The maximum absolute atomic E-state index is 14.2. The molecule has 6 rings (SSSR count). The number of rotatable bonds is 5. The van der Waals surface area contributed by atoms with E-state index in [1.807, 2.05) is 60.7 Å². The number of esters is 1. The monoisotopic (exact) mass is 519 g/mol. The van der Waals surface area contributed by atoms with Gasteiger partial charge in [0.1, 0.15) is 17.5 Å². The highest BCUT2D eigenvalue weighted by molar-refractivity contribution is 6.05. The number of hydrogen-bond donors (Lipinski definition) is 1. The molecule has 1 N–H and O–H groups in total. The van der Waals surface area contributed by atoms with Crippen LogP contribution in [-0.2, 0) is 9.53 Å². The fourth-order valence-electron chi connectivity index (χ4n) is 5.25. The van der Waals surface area contributed by atoms with Gasteiger partial charge in [-0.3, -0.25) is 4.79 Å². The number of phenols is 1. The van der Waals surface area contributed by atoms with E-state index in [2.05, 4.69) is 10.2 Å². The molecule has 194 valence electrons. The molecular formula is C30H25N5O4. The van der Waals surface area contributed by atoms with Gasteiger partial charge in [0.15, 0.2) is 11.5 Å². The van der Waals surface area contributed by atoms with Gasteiger partial charge in [-0.15, -0.1) is 10.2 Å². The predicted molar refractivity (Wildman–Crippen MR) is 147 cm³/mol. The van der Waals surface area contributed by atoms with E-state index in [0.29, 0.717) is 39.8 Å². The Morgan fingerprint density at radius 1 is 0.949 bits per heavy atom. The molecule has 39 heavy (non-hydrogen) atoms. The number of carbonyl (C=O) groups excluding carboxylic acids is 1. The van der Waals surface area contributed by atoms with Crippen molar-refractivity contribution in [1.82, 2.24) is 19.2 Å².